The van der Waals surface area contributed by atoms with Gasteiger partial charge in [-0.25, -0.2) is 4.98 Å². The number of hydrogen-bond acceptors (Lipinski definition) is 5. The molecular formula is C12H12ClN5O2. The minimum absolute atomic E-state index is 0.143. The van der Waals surface area contributed by atoms with E-state index in [1.54, 1.807) is 24.3 Å². The van der Waals surface area contributed by atoms with Crippen LogP contribution >= 0.6 is 11.6 Å². The van der Waals surface area contributed by atoms with Crippen molar-refractivity contribution in [2.45, 2.75) is 12.5 Å². The van der Waals surface area contributed by atoms with Crippen LogP contribution < -0.4 is 5.73 Å². The summed E-state index contributed by atoms with van der Waals surface area (Å²) >= 11 is 5.93. The minimum Gasteiger partial charge on any atom is -0.480 e. The lowest BCUT2D eigenvalue weighted by molar-refractivity contribution is -0.138. The van der Waals surface area contributed by atoms with Crippen molar-refractivity contribution in [1.29, 1.82) is 0 Å². The molecule has 104 valence electrons. The van der Waals surface area contributed by atoms with Gasteiger partial charge in [0.15, 0.2) is 0 Å². The van der Waals surface area contributed by atoms with Crippen LogP contribution in [0.5, 0.6) is 0 Å². The first-order chi connectivity index (χ1) is 9.56. The van der Waals surface area contributed by atoms with Gasteiger partial charge in [-0.05, 0) is 12.1 Å². The Balaban J connectivity index is 2.06. The number of rotatable bonds is 5. The normalized spacial score (nSPS) is 12.7. The standard InChI is InChI=1S/C12H12ClN5O2/c13-8-3-1-2-4-10(8)17-18-12-15-6-7(16-12)5-9(14)11(19)20/h1-4,6,9H,5,14H2,(H,15,16)(H,19,20). The van der Waals surface area contributed by atoms with E-state index in [1.165, 1.54) is 6.20 Å². The Hall–Kier alpha value is -2.25. The van der Waals surface area contributed by atoms with Crippen molar-refractivity contribution in [1.82, 2.24) is 9.97 Å². The van der Waals surface area contributed by atoms with Gasteiger partial charge in [-0.2, -0.15) is 0 Å². The molecule has 0 bridgehead atoms. The van der Waals surface area contributed by atoms with E-state index in [2.05, 4.69) is 20.2 Å². The van der Waals surface area contributed by atoms with E-state index in [1.807, 2.05) is 0 Å². The maximum atomic E-state index is 10.6. The summed E-state index contributed by atoms with van der Waals surface area (Å²) in [5.74, 6) is -0.809. The molecule has 0 aliphatic rings. The Kier molecular flexibility index (Phi) is 4.44. The van der Waals surface area contributed by atoms with Crippen molar-refractivity contribution in [3.05, 3.63) is 41.2 Å². The number of azo groups is 1. The van der Waals surface area contributed by atoms with Gasteiger partial charge in [0.25, 0.3) is 0 Å². The summed E-state index contributed by atoms with van der Waals surface area (Å²) < 4.78 is 0. The summed E-state index contributed by atoms with van der Waals surface area (Å²) in [6.07, 6.45) is 1.62. The predicted octanol–water partition coefficient (Wildman–Crippen LogP) is 2.43. The maximum absolute atomic E-state index is 10.6. The third-order valence-corrected chi connectivity index (χ3v) is 2.80. The van der Waals surface area contributed by atoms with Crippen LogP contribution in [0.25, 0.3) is 0 Å². The molecule has 7 nitrogen and oxygen atoms in total. The van der Waals surface area contributed by atoms with E-state index in [0.717, 1.165) is 0 Å². The molecule has 20 heavy (non-hydrogen) atoms. The Morgan fingerprint density at radius 1 is 1.45 bits per heavy atom. The van der Waals surface area contributed by atoms with Gasteiger partial charge < -0.3 is 15.8 Å². The molecule has 0 spiro atoms. The monoisotopic (exact) mass is 293 g/mol. The summed E-state index contributed by atoms with van der Waals surface area (Å²) in [6, 6.07) is 6.02. The summed E-state index contributed by atoms with van der Waals surface area (Å²) in [4.78, 5) is 17.4. The van der Waals surface area contributed by atoms with Gasteiger partial charge in [-0.15, -0.1) is 10.2 Å². The van der Waals surface area contributed by atoms with Crippen molar-refractivity contribution in [3.63, 3.8) is 0 Å². The minimum atomic E-state index is -1.07. The summed E-state index contributed by atoms with van der Waals surface area (Å²) in [7, 11) is 0. The van der Waals surface area contributed by atoms with Crippen LogP contribution in [0, 0.1) is 0 Å². The molecule has 4 N–H and O–H groups in total. The highest BCUT2D eigenvalue weighted by molar-refractivity contribution is 6.32. The van der Waals surface area contributed by atoms with Gasteiger partial charge in [0.2, 0.25) is 5.95 Å². The Morgan fingerprint density at radius 3 is 2.90 bits per heavy atom. The third kappa shape index (κ3) is 3.62. The first kappa shape index (κ1) is 14.2. The lowest BCUT2D eigenvalue weighted by atomic mass is 10.2. The number of carbonyl (C=O) groups is 1. The third-order valence-electron chi connectivity index (χ3n) is 2.48. The molecule has 0 amide bonds. The number of nitrogens with zero attached hydrogens (tertiary/aromatic N) is 3. The zero-order valence-electron chi connectivity index (χ0n) is 10.3. The average molecular weight is 294 g/mol. The second-order valence-corrected chi connectivity index (χ2v) is 4.44. The van der Waals surface area contributed by atoms with Crippen molar-refractivity contribution in [3.8, 4) is 0 Å². The van der Waals surface area contributed by atoms with Gasteiger partial charge >= 0.3 is 5.97 Å². The SMILES string of the molecule is NC(Cc1cnc(N=Nc2ccccc2Cl)[nH]1)C(=O)O. The number of aromatic nitrogens is 2. The van der Waals surface area contributed by atoms with E-state index in [9.17, 15) is 4.79 Å². The number of halogens is 1. The topological polar surface area (TPSA) is 117 Å². The van der Waals surface area contributed by atoms with E-state index in [4.69, 9.17) is 22.4 Å². The smallest absolute Gasteiger partial charge is 0.320 e. The van der Waals surface area contributed by atoms with Crippen LogP contribution in [0.2, 0.25) is 5.02 Å². The quantitative estimate of drug-likeness (QED) is 0.734. The van der Waals surface area contributed by atoms with Crippen LogP contribution in [0.4, 0.5) is 11.6 Å². The van der Waals surface area contributed by atoms with E-state index in [-0.39, 0.29) is 12.4 Å². The molecule has 1 aromatic carbocycles. The molecule has 0 aliphatic carbocycles. The number of benzene rings is 1. The Labute approximate surface area is 119 Å². The molecule has 2 aromatic rings. The highest BCUT2D eigenvalue weighted by Gasteiger charge is 2.13. The molecule has 0 saturated heterocycles. The van der Waals surface area contributed by atoms with Crippen LogP contribution in [0.1, 0.15) is 5.69 Å². The Morgan fingerprint density at radius 2 is 2.20 bits per heavy atom. The van der Waals surface area contributed by atoms with Crippen molar-refractivity contribution < 1.29 is 9.90 Å². The first-order valence-electron chi connectivity index (χ1n) is 5.75. The van der Waals surface area contributed by atoms with E-state index >= 15 is 0 Å². The van der Waals surface area contributed by atoms with Crippen molar-refractivity contribution >= 4 is 29.2 Å². The highest BCUT2D eigenvalue weighted by atomic mass is 35.5. The van der Waals surface area contributed by atoms with Gasteiger partial charge in [-0.1, -0.05) is 23.7 Å². The summed E-state index contributed by atoms with van der Waals surface area (Å²) in [6.45, 7) is 0. The van der Waals surface area contributed by atoms with Crippen LogP contribution in [0.3, 0.4) is 0 Å². The Bertz CT molecular complexity index is 640. The molecule has 1 atom stereocenters. The number of nitrogens with one attached hydrogen (secondary N) is 1. The van der Waals surface area contributed by atoms with Gasteiger partial charge in [-0.3, -0.25) is 4.79 Å². The lowest BCUT2D eigenvalue weighted by Crippen LogP contribution is -2.32. The lowest BCUT2D eigenvalue weighted by Gasteiger charge is -2.02. The zero-order valence-corrected chi connectivity index (χ0v) is 11.1. The number of H-pyrrole nitrogens is 1. The number of carboxylic acid groups (broad SMARTS) is 1. The fourth-order valence-corrected chi connectivity index (χ4v) is 1.63. The van der Waals surface area contributed by atoms with Gasteiger partial charge in [0, 0.05) is 12.1 Å². The summed E-state index contributed by atoms with van der Waals surface area (Å²) in [5, 5.41) is 17.1. The molecule has 0 fully saturated rings. The zero-order chi connectivity index (χ0) is 14.5. The van der Waals surface area contributed by atoms with E-state index in [0.29, 0.717) is 16.4 Å². The fourth-order valence-electron chi connectivity index (χ4n) is 1.46. The molecule has 1 heterocycles. The predicted molar refractivity (Wildman–Crippen MR) is 73.5 cm³/mol. The van der Waals surface area contributed by atoms with Gasteiger partial charge in [0.1, 0.15) is 11.7 Å². The van der Waals surface area contributed by atoms with E-state index < -0.39 is 12.0 Å². The maximum Gasteiger partial charge on any atom is 0.320 e. The molecule has 1 aromatic heterocycles. The average Bonchev–Trinajstić information content (AvgIpc) is 2.85. The van der Waals surface area contributed by atoms with Crippen LogP contribution in [-0.4, -0.2) is 27.1 Å². The number of hydrogen-bond donors (Lipinski definition) is 3. The number of imidazole rings is 1. The number of carboxylic acids is 1. The van der Waals surface area contributed by atoms with Crippen molar-refractivity contribution in [2.24, 2.45) is 16.0 Å². The first-order valence-corrected chi connectivity index (χ1v) is 6.12. The second kappa shape index (κ2) is 6.27. The van der Waals surface area contributed by atoms with Crippen LogP contribution in [0.15, 0.2) is 40.7 Å². The molecule has 0 radical (unpaired) electrons. The molecule has 8 heteroatoms. The number of nitrogens with two attached hydrogens (primary N) is 1. The van der Waals surface area contributed by atoms with Gasteiger partial charge in [0.05, 0.1) is 11.2 Å². The molecule has 0 aliphatic heterocycles. The largest absolute Gasteiger partial charge is 0.480 e. The molecule has 0 saturated carbocycles. The van der Waals surface area contributed by atoms with Crippen molar-refractivity contribution in [2.75, 3.05) is 0 Å². The highest BCUT2D eigenvalue weighted by Crippen LogP contribution is 2.25. The number of aromatic amines is 1. The number of aliphatic carboxylic acids is 1. The summed E-state index contributed by atoms with van der Waals surface area (Å²) in [5.41, 5.74) is 6.52. The van der Waals surface area contributed by atoms with Crippen LogP contribution in [-0.2, 0) is 11.2 Å². The molecular weight excluding hydrogens is 282 g/mol. The molecule has 1 unspecified atom stereocenters. The fraction of sp³-hybridized carbons (Fsp3) is 0.167. The molecule has 2 rings (SSSR count). The second-order valence-electron chi connectivity index (χ2n) is 4.03.